The van der Waals surface area contributed by atoms with Crippen LogP contribution in [-0.2, 0) is 19.6 Å². The van der Waals surface area contributed by atoms with E-state index in [2.05, 4.69) is 110 Å². The summed E-state index contributed by atoms with van der Waals surface area (Å²) in [7, 11) is 0. The SMILES string of the molecule is Cc1ccc(COc2ccc3ccccc3c2CN[C@@H](C)CCc2ccccc2)cc1. The molecule has 0 amide bonds. The zero-order valence-electron chi connectivity index (χ0n) is 18.5. The normalized spacial score (nSPS) is 12.1. The van der Waals surface area contributed by atoms with Crippen LogP contribution in [0.4, 0.5) is 0 Å². The van der Waals surface area contributed by atoms with Gasteiger partial charge in [-0.25, -0.2) is 0 Å². The summed E-state index contributed by atoms with van der Waals surface area (Å²) in [6.07, 6.45) is 2.19. The van der Waals surface area contributed by atoms with Gasteiger partial charge in [-0.15, -0.1) is 0 Å². The van der Waals surface area contributed by atoms with E-state index >= 15 is 0 Å². The average Bonchev–Trinajstić information content (AvgIpc) is 2.82. The van der Waals surface area contributed by atoms with Gasteiger partial charge in [0.25, 0.3) is 0 Å². The molecule has 2 heteroatoms. The van der Waals surface area contributed by atoms with E-state index in [1.807, 2.05) is 0 Å². The first kappa shape index (κ1) is 21.1. The number of ether oxygens (including phenoxy) is 1. The topological polar surface area (TPSA) is 21.3 Å². The summed E-state index contributed by atoms with van der Waals surface area (Å²) in [5, 5.41) is 6.23. The minimum atomic E-state index is 0.420. The second kappa shape index (κ2) is 10.3. The Morgan fingerprint density at radius 3 is 2.32 bits per heavy atom. The number of fused-ring (bicyclic) bond motifs is 1. The molecule has 0 heterocycles. The van der Waals surface area contributed by atoms with Crippen LogP contribution >= 0.6 is 0 Å². The van der Waals surface area contributed by atoms with Crippen molar-refractivity contribution in [1.29, 1.82) is 0 Å². The summed E-state index contributed by atoms with van der Waals surface area (Å²) < 4.78 is 6.29. The lowest BCUT2D eigenvalue weighted by Crippen LogP contribution is -2.26. The largest absolute Gasteiger partial charge is 0.489 e. The van der Waals surface area contributed by atoms with Gasteiger partial charge in [0.2, 0.25) is 0 Å². The van der Waals surface area contributed by atoms with Gasteiger partial charge in [0.15, 0.2) is 0 Å². The molecule has 4 aromatic carbocycles. The Bertz CT molecular complexity index is 1100. The smallest absolute Gasteiger partial charge is 0.124 e. The molecule has 0 spiro atoms. The molecule has 158 valence electrons. The lowest BCUT2D eigenvalue weighted by Gasteiger charge is -2.18. The van der Waals surface area contributed by atoms with Gasteiger partial charge in [0.1, 0.15) is 12.4 Å². The molecule has 0 aliphatic carbocycles. The Morgan fingerprint density at radius 1 is 0.774 bits per heavy atom. The number of hydrogen-bond donors (Lipinski definition) is 1. The molecular weight excluding hydrogens is 378 g/mol. The minimum Gasteiger partial charge on any atom is -0.489 e. The van der Waals surface area contributed by atoms with E-state index in [9.17, 15) is 0 Å². The van der Waals surface area contributed by atoms with Crippen LogP contribution in [0.3, 0.4) is 0 Å². The van der Waals surface area contributed by atoms with Crippen LogP contribution in [0.5, 0.6) is 5.75 Å². The molecule has 0 aromatic heterocycles. The number of benzene rings is 4. The first-order valence-electron chi connectivity index (χ1n) is 11.2. The van der Waals surface area contributed by atoms with Gasteiger partial charge in [-0.2, -0.15) is 0 Å². The van der Waals surface area contributed by atoms with Crippen LogP contribution in [0.25, 0.3) is 10.8 Å². The summed E-state index contributed by atoms with van der Waals surface area (Å²) in [5.74, 6) is 0.960. The van der Waals surface area contributed by atoms with Gasteiger partial charge in [-0.1, -0.05) is 90.5 Å². The first-order chi connectivity index (χ1) is 15.2. The van der Waals surface area contributed by atoms with Crippen molar-refractivity contribution < 1.29 is 4.74 Å². The maximum atomic E-state index is 6.29. The van der Waals surface area contributed by atoms with Crippen LogP contribution < -0.4 is 10.1 Å². The third-order valence-electron chi connectivity index (χ3n) is 5.85. The number of hydrogen-bond acceptors (Lipinski definition) is 2. The van der Waals surface area contributed by atoms with Crippen LogP contribution in [0.1, 0.15) is 35.6 Å². The van der Waals surface area contributed by atoms with E-state index in [4.69, 9.17) is 4.74 Å². The first-order valence-corrected chi connectivity index (χ1v) is 11.2. The highest BCUT2D eigenvalue weighted by atomic mass is 16.5. The molecular formula is C29H31NO. The van der Waals surface area contributed by atoms with Gasteiger partial charge in [-0.05, 0) is 54.7 Å². The van der Waals surface area contributed by atoms with E-state index in [0.717, 1.165) is 25.1 Å². The highest BCUT2D eigenvalue weighted by molar-refractivity contribution is 5.87. The maximum absolute atomic E-state index is 6.29. The summed E-state index contributed by atoms with van der Waals surface area (Å²) in [5.41, 5.74) is 5.08. The van der Waals surface area contributed by atoms with E-state index in [1.165, 1.54) is 33.0 Å². The van der Waals surface area contributed by atoms with Crippen LogP contribution in [0, 0.1) is 6.92 Å². The molecule has 0 aliphatic heterocycles. The molecule has 2 nitrogen and oxygen atoms in total. The molecule has 0 bridgehead atoms. The molecule has 4 aromatic rings. The molecule has 4 rings (SSSR count). The molecule has 0 saturated heterocycles. The third-order valence-corrected chi connectivity index (χ3v) is 5.85. The Kier molecular flexibility index (Phi) is 7.01. The average molecular weight is 410 g/mol. The summed E-state index contributed by atoms with van der Waals surface area (Å²) in [6, 6.07) is 32.5. The van der Waals surface area contributed by atoms with Gasteiger partial charge in [0, 0.05) is 18.2 Å². The van der Waals surface area contributed by atoms with Crippen LogP contribution in [0.15, 0.2) is 91.0 Å². The molecule has 1 N–H and O–H groups in total. The molecule has 0 radical (unpaired) electrons. The van der Waals surface area contributed by atoms with Crippen molar-refractivity contribution in [2.45, 2.75) is 45.9 Å². The molecule has 31 heavy (non-hydrogen) atoms. The van der Waals surface area contributed by atoms with Gasteiger partial charge in [0.05, 0.1) is 0 Å². The van der Waals surface area contributed by atoms with E-state index < -0.39 is 0 Å². The molecule has 1 atom stereocenters. The second-order valence-electron chi connectivity index (χ2n) is 8.34. The van der Waals surface area contributed by atoms with Crippen molar-refractivity contribution in [3.8, 4) is 5.75 Å². The predicted octanol–water partition coefficient (Wildman–Crippen LogP) is 6.84. The standard InChI is InChI=1S/C29H31NO/c1-22-12-15-25(16-13-22)21-31-29-19-18-26-10-6-7-11-27(26)28(29)20-30-23(2)14-17-24-8-4-3-5-9-24/h3-13,15-16,18-19,23,30H,14,17,20-21H2,1-2H3/t23-/m0/s1. The molecule has 0 saturated carbocycles. The Balaban J connectivity index is 1.46. The Morgan fingerprint density at radius 2 is 1.52 bits per heavy atom. The molecule has 0 aliphatic rings. The number of nitrogens with one attached hydrogen (secondary N) is 1. The van der Waals surface area contributed by atoms with Gasteiger partial charge < -0.3 is 10.1 Å². The van der Waals surface area contributed by atoms with E-state index in [-0.39, 0.29) is 0 Å². The molecule has 0 fully saturated rings. The van der Waals surface area contributed by atoms with Crippen LogP contribution in [0.2, 0.25) is 0 Å². The van der Waals surface area contributed by atoms with Gasteiger partial charge >= 0.3 is 0 Å². The van der Waals surface area contributed by atoms with E-state index in [0.29, 0.717) is 12.6 Å². The molecule has 0 unspecified atom stereocenters. The second-order valence-corrected chi connectivity index (χ2v) is 8.34. The van der Waals surface area contributed by atoms with Crippen molar-refractivity contribution in [3.63, 3.8) is 0 Å². The van der Waals surface area contributed by atoms with Gasteiger partial charge in [-0.3, -0.25) is 0 Å². The highest BCUT2D eigenvalue weighted by Gasteiger charge is 2.11. The zero-order valence-corrected chi connectivity index (χ0v) is 18.5. The van der Waals surface area contributed by atoms with Crippen molar-refractivity contribution in [2.75, 3.05) is 0 Å². The minimum absolute atomic E-state index is 0.420. The maximum Gasteiger partial charge on any atom is 0.124 e. The van der Waals surface area contributed by atoms with Crippen molar-refractivity contribution in [2.24, 2.45) is 0 Å². The fourth-order valence-electron chi connectivity index (χ4n) is 3.89. The Labute approximate surface area is 185 Å². The van der Waals surface area contributed by atoms with Crippen molar-refractivity contribution in [3.05, 3.63) is 113 Å². The van der Waals surface area contributed by atoms with Crippen LogP contribution in [-0.4, -0.2) is 6.04 Å². The zero-order chi connectivity index (χ0) is 21.5. The lowest BCUT2D eigenvalue weighted by molar-refractivity contribution is 0.302. The summed E-state index contributed by atoms with van der Waals surface area (Å²) >= 11 is 0. The van der Waals surface area contributed by atoms with Crippen molar-refractivity contribution in [1.82, 2.24) is 5.32 Å². The quantitative estimate of drug-likeness (QED) is 0.327. The Hall–Kier alpha value is -3.10. The number of aryl methyl sites for hydroxylation is 2. The monoisotopic (exact) mass is 409 g/mol. The fourth-order valence-corrected chi connectivity index (χ4v) is 3.89. The predicted molar refractivity (Wildman–Crippen MR) is 131 cm³/mol. The summed E-state index contributed by atoms with van der Waals surface area (Å²) in [4.78, 5) is 0. The summed E-state index contributed by atoms with van der Waals surface area (Å²) in [6.45, 7) is 5.74. The third kappa shape index (κ3) is 5.74. The highest BCUT2D eigenvalue weighted by Crippen LogP contribution is 2.29. The lowest BCUT2D eigenvalue weighted by atomic mass is 10.0. The number of rotatable bonds is 9. The van der Waals surface area contributed by atoms with E-state index in [1.54, 1.807) is 0 Å². The van der Waals surface area contributed by atoms with Crippen molar-refractivity contribution >= 4 is 10.8 Å². The fraction of sp³-hybridized carbons (Fsp3) is 0.241.